The van der Waals surface area contributed by atoms with Crippen LogP contribution in [-0.4, -0.2) is 56.3 Å². The molecule has 26 heavy (non-hydrogen) atoms. The summed E-state index contributed by atoms with van der Waals surface area (Å²) < 4.78 is 50.2. The minimum atomic E-state index is -4.14. The standard InChI is InChI=1S/C18H26F4N4/c1-2-23-17(24-9-7-14-3-5-16(19)6-4-14)25-11-15-8-10-26(12-15)13-18(20,21)22/h3-6,15H,2,7-13H2,1H3,(H2,23,24,25). The van der Waals surface area contributed by atoms with Crippen molar-refractivity contribution < 1.29 is 17.6 Å². The molecule has 1 unspecified atom stereocenters. The second-order valence-electron chi connectivity index (χ2n) is 6.53. The molecular formula is C18H26F4N4. The maximum Gasteiger partial charge on any atom is 0.401 e. The van der Waals surface area contributed by atoms with Gasteiger partial charge >= 0.3 is 6.18 Å². The molecule has 0 amide bonds. The molecular weight excluding hydrogens is 348 g/mol. The number of nitrogens with one attached hydrogen (secondary N) is 2. The normalized spacial score (nSPS) is 19.0. The maximum absolute atomic E-state index is 12.9. The summed E-state index contributed by atoms with van der Waals surface area (Å²) in [6, 6.07) is 6.35. The van der Waals surface area contributed by atoms with Crippen molar-refractivity contribution in [1.29, 1.82) is 0 Å². The van der Waals surface area contributed by atoms with Crippen LogP contribution in [-0.2, 0) is 6.42 Å². The quantitative estimate of drug-likeness (QED) is 0.438. The fraction of sp³-hybridized carbons (Fsp3) is 0.611. The molecule has 1 atom stereocenters. The van der Waals surface area contributed by atoms with E-state index in [9.17, 15) is 17.6 Å². The molecule has 1 aliphatic rings. The molecule has 1 aromatic rings. The van der Waals surface area contributed by atoms with Gasteiger partial charge < -0.3 is 10.6 Å². The maximum atomic E-state index is 12.9. The summed E-state index contributed by atoms with van der Waals surface area (Å²) in [6.07, 6.45) is -2.68. The Bertz CT molecular complexity index is 572. The Balaban J connectivity index is 1.76. The Labute approximate surface area is 151 Å². The van der Waals surface area contributed by atoms with E-state index in [4.69, 9.17) is 0 Å². The smallest absolute Gasteiger partial charge is 0.357 e. The number of nitrogens with zero attached hydrogens (tertiary/aromatic N) is 2. The Morgan fingerprint density at radius 3 is 2.62 bits per heavy atom. The molecule has 1 saturated heterocycles. The lowest BCUT2D eigenvalue weighted by Crippen LogP contribution is -2.38. The van der Waals surface area contributed by atoms with Crippen molar-refractivity contribution in [2.24, 2.45) is 10.9 Å². The highest BCUT2D eigenvalue weighted by Crippen LogP contribution is 2.22. The van der Waals surface area contributed by atoms with Gasteiger partial charge in [0.15, 0.2) is 5.96 Å². The van der Waals surface area contributed by atoms with E-state index >= 15 is 0 Å². The number of hydrogen-bond donors (Lipinski definition) is 2. The van der Waals surface area contributed by atoms with E-state index < -0.39 is 12.7 Å². The zero-order chi connectivity index (χ0) is 19.0. The summed E-state index contributed by atoms with van der Waals surface area (Å²) in [5.74, 6) is 0.543. The first-order valence-corrected chi connectivity index (χ1v) is 8.91. The largest absolute Gasteiger partial charge is 0.401 e. The molecule has 2 N–H and O–H groups in total. The first-order chi connectivity index (χ1) is 12.4. The summed E-state index contributed by atoms with van der Waals surface area (Å²) in [4.78, 5) is 5.94. The number of benzene rings is 1. The van der Waals surface area contributed by atoms with Gasteiger partial charge in [-0.3, -0.25) is 9.89 Å². The van der Waals surface area contributed by atoms with Crippen molar-refractivity contribution in [1.82, 2.24) is 15.5 Å². The molecule has 0 radical (unpaired) electrons. The Kier molecular flexibility index (Phi) is 7.68. The minimum Gasteiger partial charge on any atom is -0.357 e. The molecule has 1 aromatic carbocycles. The van der Waals surface area contributed by atoms with Crippen molar-refractivity contribution in [3.05, 3.63) is 35.6 Å². The van der Waals surface area contributed by atoms with Crippen LogP contribution in [0.1, 0.15) is 18.9 Å². The molecule has 0 bridgehead atoms. The predicted octanol–water partition coefficient (Wildman–Crippen LogP) is 2.81. The lowest BCUT2D eigenvalue weighted by atomic mass is 10.1. The van der Waals surface area contributed by atoms with Crippen LogP contribution >= 0.6 is 0 Å². The number of hydrogen-bond acceptors (Lipinski definition) is 2. The first kappa shape index (κ1) is 20.5. The van der Waals surface area contributed by atoms with E-state index in [-0.39, 0.29) is 11.7 Å². The second-order valence-corrected chi connectivity index (χ2v) is 6.53. The highest BCUT2D eigenvalue weighted by atomic mass is 19.4. The van der Waals surface area contributed by atoms with Gasteiger partial charge in [-0.1, -0.05) is 12.1 Å². The van der Waals surface area contributed by atoms with Crippen molar-refractivity contribution in [2.75, 3.05) is 39.3 Å². The number of rotatable bonds is 7. The summed E-state index contributed by atoms with van der Waals surface area (Å²) in [5.41, 5.74) is 1.02. The Hall–Kier alpha value is -1.83. The molecule has 8 heteroatoms. The van der Waals surface area contributed by atoms with Gasteiger partial charge in [0.2, 0.25) is 0 Å². The van der Waals surface area contributed by atoms with Crippen molar-refractivity contribution in [2.45, 2.75) is 25.9 Å². The van der Waals surface area contributed by atoms with Crippen molar-refractivity contribution in [3.8, 4) is 0 Å². The Morgan fingerprint density at radius 1 is 1.23 bits per heavy atom. The number of alkyl halides is 3. The monoisotopic (exact) mass is 374 g/mol. The van der Waals surface area contributed by atoms with Gasteiger partial charge in [0.1, 0.15) is 5.82 Å². The third-order valence-electron chi connectivity index (χ3n) is 4.24. The zero-order valence-electron chi connectivity index (χ0n) is 14.9. The molecule has 0 aromatic heterocycles. The average molecular weight is 374 g/mol. The number of aliphatic imine (C=N–C) groups is 1. The highest BCUT2D eigenvalue weighted by Gasteiger charge is 2.34. The first-order valence-electron chi connectivity index (χ1n) is 8.91. The minimum absolute atomic E-state index is 0.143. The van der Waals surface area contributed by atoms with Crippen LogP contribution < -0.4 is 10.6 Å². The SMILES string of the molecule is CCNC(=NCC1CCN(CC(F)(F)F)C1)NCCc1ccc(F)cc1. The topological polar surface area (TPSA) is 39.7 Å². The van der Waals surface area contributed by atoms with E-state index in [2.05, 4.69) is 15.6 Å². The van der Waals surface area contributed by atoms with Gasteiger partial charge in [0.05, 0.1) is 6.54 Å². The number of likely N-dealkylation sites (tertiary alicyclic amines) is 1. The van der Waals surface area contributed by atoms with Gasteiger partial charge in [-0.05, 0) is 49.9 Å². The Morgan fingerprint density at radius 2 is 1.96 bits per heavy atom. The van der Waals surface area contributed by atoms with Gasteiger partial charge in [0.25, 0.3) is 0 Å². The van der Waals surface area contributed by atoms with Crippen LogP contribution in [0.4, 0.5) is 17.6 Å². The lowest BCUT2D eigenvalue weighted by molar-refractivity contribution is -0.143. The van der Waals surface area contributed by atoms with E-state index in [0.29, 0.717) is 38.7 Å². The molecule has 2 rings (SSSR count). The third kappa shape index (κ3) is 7.59. The van der Waals surface area contributed by atoms with Gasteiger partial charge in [0, 0.05) is 26.2 Å². The van der Waals surface area contributed by atoms with E-state index in [1.54, 1.807) is 12.1 Å². The third-order valence-corrected chi connectivity index (χ3v) is 4.24. The fourth-order valence-electron chi connectivity index (χ4n) is 3.00. The summed E-state index contributed by atoms with van der Waals surface area (Å²) >= 11 is 0. The van der Waals surface area contributed by atoms with Crippen LogP contribution in [0.2, 0.25) is 0 Å². The van der Waals surface area contributed by atoms with Crippen molar-refractivity contribution >= 4 is 5.96 Å². The molecule has 0 spiro atoms. The molecule has 1 heterocycles. The number of guanidine groups is 1. The van der Waals surface area contributed by atoms with E-state index in [1.165, 1.54) is 17.0 Å². The van der Waals surface area contributed by atoms with Crippen LogP contribution in [0.15, 0.2) is 29.3 Å². The van der Waals surface area contributed by atoms with Gasteiger partial charge in [-0.2, -0.15) is 13.2 Å². The highest BCUT2D eigenvalue weighted by molar-refractivity contribution is 5.79. The summed E-state index contributed by atoms with van der Waals surface area (Å²) in [6.45, 7) is 3.85. The molecule has 146 valence electrons. The molecule has 1 fully saturated rings. The second kappa shape index (κ2) is 9.75. The van der Waals surface area contributed by atoms with E-state index in [1.807, 2.05) is 6.92 Å². The molecule has 1 aliphatic heterocycles. The van der Waals surface area contributed by atoms with Crippen LogP contribution in [0.5, 0.6) is 0 Å². The average Bonchev–Trinajstić information content (AvgIpc) is 3.00. The van der Waals surface area contributed by atoms with Crippen LogP contribution in [0.3, 0.4) is 0 Å². The lowest BCUT2D eigenvalue weighted by Gasteiger charge is -2.17. The number of halogens is 4. The van der Waals surface area contributed by atoms with Crippen LogP contribution in [0, 0.1) is 11.7 Å². The fourth-order valence-corrected chi connectivity index (χ4v) is 3.00. The van der Waals surface area contributed by atoms with Gasteiger partial charge in [-0.15, -0.1) is 0 Å². The summed E-state index contributed by atoms with van der Waals surface area (Å²) in [5, 5.41) is 6.35. The molecule has 0 saturated carbocycles. The van der Waals surface area contributed by atoms with E-state index in [0.717, 1.165) is 18.4 Å². The molecule has 0 aliphatic carbocycles. The van der Waals surface area contributed by atoms with Crippen molar-refractivity contribution in [3.63, 3.8) is 0 Å². The zero-order valence-corrected chi connectivity index (χ0v) is 14.9. The summed E-state index contributed by atoms with van der Waals surface area (Å²) in [7, 11) is 0. The van der Waals surface area contributed by atoms with Gasteiger partial charge in [-0.25, -0.2) is 4.39 Å². The molecule has 4 nitrogen and oxygen atoms in total. The predicted molar refractivity (Wildman–Crippen MR) is 94.7 cm³/mol. The van der Waals surface area contributed by atoms with Crippen LogP contribution in [0.25, 0.3) is 0 Å².